The van der Waals surface area contributed by atoms with Gasteiger partial charge in [0.1, 0.15) is 12.4 Å². The van der Waals surface area contributed by atoms with Crippen LogP contribution < -0.4 is 14.8 Å². The molecule has 0 heterocycles. The van der Waals surface area contributed by atoms with Gasteiger partial charge in [0.2, 0.25) is 5.91 Å². The first kappa shape index (κ1) is 18.0. The first-order valence-electron chi connectivity index (χ1n) is 6.44. The standard InChI is InChI=1S/C14H19N3O4S/c1-12(18)16-13-7-6-8-14(11-13)21-10-5-4-9-15-22(19,20)17(2)3/h6-8,11,15H,9-10H2,1-3H3,(H,16,18). The molecule has 7 nitrogen and oxygen atoms in total. The van der Waals surface area contributed by atoms with Gasteiger partial charge in [-0.05, 0) is 12.1 Å². The van der Waals surface area contributed by atoms with Gasteiger partial charge in [-0.3, -0.25) is 4.79 Å². The number of nitrogens with zero attached hydrogens (tertiary/aromatic N) is 1. The number of amides is 1. The maximum atomic E-state index is 11.4. The highest BCUT2D eigenvalue weighted by molar-refractivity contribution is 7.87. The molecule has 0 aliphatic carbocycles. The van der Waals surface area contributed by atoms with Gasteiger partial charge in [0.05, 0.1) is 6.54 Å². The summed E-state index contributed by atoms with van der Waals surface area (Å²) in [5.74, 6) is 5.75. The SMILES string of the molecule is CC(=O)Nc1cccc(OCC#CCNS(=O)(=O)N(C)C)c1. The van der Waals surface area contributed by atoms with Gasteiger partial charge in [-0.1, -0.05) is 17.9 Å². The molecule has 8 heteroatoms. The predicted molar refractivity (Wildman–Crippen MR) is 84.6 cm³/mol. The molecular formula is C14H19N3O4S. The van der Waals surface area contributed by atoms with E-state index < -0.39 is 10.2 Å². The molecule has 22 heavy (non-hydrogen) atoms. The van der Waals surface area contributed by atoms with Crippen molar-refractivity contribution in [1.82, 2.24) is 9.03 Å². The van der Waals surface area contributed by atoms with Crippen molar-refractivity contribution in [3.05, 3.63) is 24.3 Å². The molecule has 0 spiro atoms. The fourth-order valence-corrected chi connectivity index (χ4v) is 1.87. The van der Waals surface area contributed by atoms with Crippen LogP contribution in [0.25, 0.3) is 0 Å². The minimum Gasteiger partial charge on any atom is -0.481 e. The van der Waals surface area contributed by atoms with E-state index in [1.165, 1.54) is 21.0 Å². The van der Waals surface area contributed by atoms with Crippen LogP contribution in [0.3, 0.4) is 0 Å². The van der Waals surface area contributed by atoms with Crippen molar-refractivity contribution in [3.63, 3.8) is 0 Å². The topological polar surface area (TPSA) is 87.7 Å². The second-order valence-electron chi connectivity index (χ2n) is 4.46. The fraction of sp³-hybridized carbons (Fsp3) is 0.357. The zero-order valence-corrected chi connectivity index (χ0v) is 13.5. The average molecular weight is 325 g/mol. The summed E-state index contributed by atoms with van der Waals surface area (Å²) in [6.07, 6.45) is 0. The summed E-state index contributed by atoms with van der Waals surface area (Å²) in [7, 11) is -0.592. The molecule has 1 aromatic rings. The minimum atomic E-state index is -3.45. The van der Waals surface area contributed by atoms with Crippen molar-refractivity contribution in [1.29, 1.82) is 0 Å². The van der Waals surface area contributed by atoms with Crippen LogP contribution in [-0.4, -0.2) is 45.9 Å². The summed E-state index contributed by atoms with van der Waals surface area (Å²) in [5.41, 5.74) is 0.636. The molecule has 120 valence electrons. The maximum absolute atomic E-state index is 11.4. The Bertz CT molecular complexity index is 675. The summed E-state index contributed by atoms with van der Waals surface area (Å²) in [6.45, 7) is 1.55. The van der Waals surface area contributed by atoms with E-state index in [0.29, 0.717) is 11.4 Å². The minimum absolute atomic E-state index is 0.00973. The molecule has 0 aliphatic heterocycles. The van der Waals surface area contributed by atoms with E-state index in [4.69, 9.17) is 4.74 Å². The lowest BCUT2D eigenvalue weighted by molar-refractivity contribution is -0.114. The molecule has 0 aromatic heterocycles. The summed E-state index contributed by atoms with van der Waals surface area (Å²) in [6, 6.07) is 6.91. The van der Waals surface area contributed by atoms with Gasteiger partial charge in [0.25, 0.3) is 10.2 Å². The molecule has 0 unspecified atom stereocenters. The van der Waals surface area contributed by atoms with Crippen LogP contribution in [0.4, 0.5) is 5.69 Å². The van der Waals surface area contributed by atoms with Crippen molar-refractivity contribution in [2.45, 2.75) is 6.92 Å². The van der Waals surface area contributed by atoms with Crippen LogP contribution in [0.1, 0.15) is 6.92 Å². The molecule has 0 fully saturated rings. The molecule has 1 amide bonds. The highest BCUT2D eigenvalue weighted by atomic mass is 32.2. The van der Waals surface area contributed by atoms with E-state index in [1.54, 1.807) is 24.3 Å². The number of carbonyl (C=O) groups is 1. The van der Waals surface area contributed by atoms with Crippen LogP contribution in [-0.2, 0) is 15.0 Å². The Morgan fingerprint density at radius 3 is 2.68 bits per heavy atom. The lowest BCUT2D eigenvalue weighted by atomic mass is 10.3. The molecule has 0 radical (unpaired) electrons. The Morgan fingerprint density at radius 1 is 1.32 bits per heavy atom. The highest BCUT2D eigenvalue weighted by Crippen LogP contribution is 2.16. The summed E-state index contributed by atoms with van der Waals surface area (Å²) >= 11 is 0. The number of nitrogens with one attached hydrogen (secondary N) is 2. The van der Waals surface area contributed by atoms with E-state index >= 15 is 0 Å². The monoisotopic (exact) mass is 325 g/mol. The van der Waals surface area contributed by atoms with Crippen molar-refractivity contribution in [2.75, 3.05) is 32.6 Å². The number of benzene rings is 1. The van der Waals surface area contributed by atoms with Gasteiger partial charge in [-0.2, -0.15) is 17.4 Å². The van der Waals surface area contributed by atoms with Crippen LogP contribution >= 0.6 is 0 Å². The number of anilines is 1. The van der Waals surface area contributed by atoms with Crippen LogP contribution in [0, 0.1) is 11.8 Å². The smallest absolute Gasteiger partial charge is 0.279 e. The molecule has 0 saturated carbocycles. The molecule has 2 N–H and O–H groups in total. The number of rotatable bonds is 6. The zero-order chi connectivity index (χ0) is 16.6. The van der Waals surface area contributed by atoms with Gasteiger partial charge >= 0.3 is 0 Å². The molecule has 1 rings (SSSR count). The Hall–Kier alpha value is -2.08. The normalized spacial score (nSPS) is 10.7. The Kier molecular flexibility index (Phi) is 6.85. The van der Waals surface area contributed by atoms with Crippen molar-refractivity contribution in [2.24, 2.45) is 0 Å². The van der Waals surface area contributed by atoms with Crippen molar-refractivity contribution in [3.8, 4) is 17.6 Å². The van der Waals surface area contributed by atoms with Gasteiger partial charge in [0.15, 0.2) is 0 Å². The lowest BCUT2D eigenvalue weighted by Crippen LogP contribution is -2.35. The molecule has 0 saturated heterocycles. The van der Waals surface area contributed by atoms with Crippen molar-refractivity contribution >= 4 is 21.8 Å². The zero-order valence-electron chi connectivity index (χ0n) is 12.7. The fourth-order valence-electron chi connectivity index (χ4n) is 1.36. The van der Waals surface area contributed by atoms with Crippen LogP contribution in [0.2, 0.25) is 0 Å². The third kappa shape index (κ3) is 6.58. The Balaban J connectivity index is 2.42. The number of hydrogen-bond acceptors (Lipinski definition) is 4. The summed E-state index contributed by atoms with van der Waals surface area (Å²) < 4.78 is 31.6. The number of hydrogen-bond donors (Lipinski definition) is 2. The molecule has 1 aromatic carbocycles. The highest BCUT2D eigenvalue weighted by Gasteiger charge is 2.10. The second-order valence-corrected chi connectivity index (χ2v) is 6.43. The van der Waals surface area contributed by atoms with Gasteiger partial charge in [-0.25, -0.2) is 0 Å². The Labute approximate surface area is 130 Å². The van der Waals surface area contributed by atoms with E-state index in [2.05, 4.69) is 21.9 Å². The molecule has 0 aliphatic rings. The third-order valence-corrected chi connectivity index (χ3v) is 3.88. The van der Waals surface area contributed by atoms with Gasteiger partial charge in [-0.15, -0.1) is 0 Å². The Morgan fingerprint density at radius 2 is 2.05 bits per heavy atom. The molecule has 0 bridgehead atoms. The van der Waals surface area contributed by atoms with Crippen LogP contribution in [0.5, 0.6) is 5.75 Å². The van der Waals surface area contributed by atoms with Gasteiger partial charge < -0.3 is 10.1 Å². The van der Waals surface area contributed by atoms with E-state index in [0.717, 1.165) is 4.31 Å². The average Bonchev–Trinajstić information content (AvgIpc) is 2.42. The van der Waals surface area contributed by atoms with Crippen molar-refractivity contribution < 1.29 is 17.9 Å². The largest absolute Gasteiger partial charge is 0.481 e. The molecule has 0 atom stereocenters. The first-order chi connectivity index (χ1) is 10.3. The number of carbonyl (C=O) groups excluding carboxylic acids is 1. The third-order valence-electron chi connectivity index (χ3n) is 2.41. The first-order valence-corrected chi connectivity index (χ1v) is 7.88. The maximum Gasteiger partial charge on any atom is 0.279 e. The van der Waals surface area contributed by atoms with Crippen LogP contribution in [0.15, 0.2) is 24.3 Å². The second kappa shape index (κ2) is 8.38. The van der Waals surface area contributed by atoms with E-state index in [9.17, 15) is 13.2 Å². The van der Waals surface area contributed by atoms with Gasteiger partial charge in [0, 0.05) is 32.8 Å². The summed E-state index contributed by atoms with van der Waals surface area (Å²) in [5, 5.41) is 2.65. The molecular weight excluding hydrogens is 306 g/mol. The quantitative estimate of drug-likeness (QED) is 0.742. The number of ether oxygens (including phenoxy) is 1. The predicted octanol–water partition coefficient (Wildman–Crippen LogP) is 0.423. The van der Waals surface area contributed by atoms with E-state index in [1.807, 2.05) is 0 Å². The summed E-state index contributed by atoms with van der Waals surface area (Å²) in [4.78, 5) is 11.0. The van der Waals surface area contributed by atoms with E-state index in [-0.39, 0.29) is 19.1 Å². The lowest BCUT2D eigenvalue weighted by Gasteiger charge is -2.09.